The van der Waals surface area contributed by atoms with Gasteiger partial charge in [-0.1, -0.05) is 20.8 Å². The Bertz CT molecular complexity index is 666. The van der Waals surface area contributed by atoms with E-state index in [1.54, 1.807) is 0 Å². The molecule has 3 N–H and O–H groups in total. The average molecular weight is 423 g/mol. The molecule has 4 rings (SSSR count). The van der Waals surface area contributed by atoms with E-state index in [2.05, 4.69) is 20.8 Å². The van der Waals surface area contributed by atoms with E-state index in [0.29, 0.717) is 30.6 Å². The number of aliphatic hydroxyl groups excluding tert-OH is 2. The van der Waals surface area contributed by atoms with Gasteiger partial charge in [-0.3, -0.25) is 4.79 Å². The number of carbonyl (C=O) groups excluding carboxylic acids is 1. The van der Waals surface area contributed by atoms with Crippen LogP contribution < -0.4 is 0 Å². The minimum atomic E-state index is -0.762. The molecule has 172 valence electrons. The van der Waals surface area contributed by atoms with Gasteiger partial charge in [-0.15, -0.1) is 0 Å². The summed E-state index contributed by atoms with van der Waals surface area (Å²) >= 11 is 0. The van der Waals surface area contributed by atoms with Crippen molar-refractivity contribution in [3.8, 4) is 0 Å². The molecule has 0 aromatic carbocycles. The number of ether oxygens (including phenoxy) is 1. The molecule has 0 spiro atoms. The number of methoxy groups -OCH3 is 1. The van der Waals surface area contributed by atoms with Crippen molar-refractivity contribution in [2.45, 2.75) is 103 Å². The molecule has 0 aliphatic heterocycles. The molecular formula is C25H42O5. The monoisotopic (exact) mass is 422 g/mol. The Kier molecular flexibility index (Phi) is 5.81. The summed E-state index contributed by atoms with van der Waals surface area (Å²) in [4.78, 5) is 11.7. The smallest absolute Gasteiger partial charge is 0.305 e. The van der Waals surface area contributed by atoms with Crippen LogP contribution >= 0.6 is 0 Å². The van der Waals surface area contributed by atoms with E-state index in [-0.39, 0.29) is 40.8 Å². The Morgan fingerprint density at radius 1 is 1.03 bits per heavy atom. The lowest BCUT2D eigenvalue weighted by molar-refractivity contribution is -0.196. The van der Waals surface area contributed by atoms with E-state index in [1.807, 2.05) is 0 Å². The molecule has 0 unspecified atom stereocenters. The van der Waals surface area contributed by atoms with Gasteiger partial charge in [-0.25, -0.2) is 0 Å². The maximum atomic E-state index is 11.9. The van der Waals surface area contributed by atoms with Crippen LogP contribution in [-0.4, -0.2) is 46.2 Å². The minimum absolute atomic E-state index is 0.0461. The molecule has 0 aromatic rings. The molecule has 30 heavy (non-hydrogen) atoms. The van der Waals surface area contributed by atoms with E-state index in [0.717, 1.165) is 51.4 Å². The highest BCUT2D eigenvalue weighted by Gasteiger charge is 2.66. The number of hydrogen-bond acceptors (Lipinski definition) is 5. The van der Waals surface area contributed by atoms with Crippen molar-refractivity contribution in [2.75, 3.05) is 7.11 Å². The molecule has 5 nitrogen and oxygen atoms in total. The van der Waals surface area contributed by atoms with Crippen LogP contribution in [0.4, 0.5) is 0 Å². The van der Waals surface area contributed by atoms with Gasteiger partial charge in [-0.05, 0) is 98.2 Å². The second-order valence-electron chi connectivity index (χ2n) is 11.7. The Labute approximate surface area is 181 Å². The van der Waals surface area contributed by atoms with E-state index in [9.17, 15) is 20.1 Å². The first-order valence-corrected chi connectivity index (χ1v) is 12.2. The van der Waals surface area contributed by atoms with Crippen molar-refractivity contribution in [1.82, 2.24) is 0 Å². The fraction of sp³-hybridized carbons (Fsp3) is 0.960. The summed E-state index contributed by atoms with van der Waals surface area (Å²) in [7, 11) is 1.42. The maximum Gasteiger partial charge on any atom is 0.305 e. The van der Waals surface area contributed by atoms with Gasteiger partial charge < -0.3 is 20.1 Å². The maximum absolute atomic E-state index is 11.9. The molecule has 0 saturated heterocycles. The zero-order valence-corrected chi connectivity index (χ0v) is 19.3. The predicted octanol–water partition coefficient (Wildman–Crippen LogP) is 3.68. The second kappa shape index (κ2) is 7.74. The second-order valence-corrected chi connectivity index (χ2v) is 11.7. The molecule has 10 atom stereocenters. The van der Waals surface area contributed by atoms with Gasteiger partial charge in [0.2, 0.25) is 0 Å². The SMILES string of the molecule is COC(=O)CC[C@@H](C)[C@@]1(O)CC[C@H]2[C@@H]3C[C@H](O)[C@H]4C[C@H](O)CC[C@]4(C)[C@H]3CC[C@@]21C. The van der Waals surface area contributed by atoms with Gasteiger partial charge >= 0.3 is 5.97 Å². The lowest BCUT2D eigenvalue weighted by atomic mass is 9.43. The van der Waals surface area contributed by atoms with Crippen molar-refractivity contribution < 1.29 is 24.9 Å². The van der Waals surface area contributed by atoms with Crippen LogP contribution in [0.1, 0.15) is 85.0 Å². The third kappa shape index (κ3) is 3.17. The summed E-state index contributed by atoms with van der Waals surface area (Å²) in [5, 5.41) is 33.3. The molecule has 0 amide bonds. The summed E-state index contributed by atoms with van der Waals surface area (Å²) in [6.45, 7) is 6.74. The minimum Gasteiger partial charge on any atom is -0.469 e. The first-order valence-electron chi connectivity index (χ1n) is 12.2. The van der Waals surface area contributed by atoms with E-state index in [4.69, 9.17) is 4.74 Å². The molecule has 4 aliphatic rings. The molecular weight excluding hydrogens is 380 g/mol. The van der Waals surface area contributed by atoms with Crippen LogP contribution in [-0.2, 0) is 9.53 Å². The number of hydrogen-bond donors (Lipinski definition) is 3. The normalized spacial score (nSPS) is 51.4. The first-order chi connectivity index (χ1) is 14.1. The van der Waals surface area contributed by atoms with Crippen LogP contribution in [0.3, 0.4) is 0 Å². The topological polar surface area (TPSA) is 87.0 Å². The highest BCUT2D eigenvalue weighted by molar-refractivity contribution is 5.69. The first kappa shape index (κ1) is 22.5. The van der Waals surface area contributed by atoms with Gasteiger partial charge in [0.05, 0.1) is 24.9 Å². The summed E-state index contributed by atoms with van der Waals surface area (Å²) in [6, 6.07) is 0. The summed E-state index contributed by atoms with van der Waals surface area (Å²) in [6.07, 6.45) is 7.68. The van der Waals surface area contributed by atoms with Crippen molar-refractivity contribution in [2.24, 2.45) is 40.4 Å². The lowest BCUT2D eigenvalue weighted by Gasteiger charge is -2.63. The number of carbonyl (C=O) groups is 1. The predicted molar refractivity (Wildman–Crippen MR) is 114 cm³/mol. The zero-order chi connectivity index (χ0) is 21.9. The summed E-state index contributed by atoms with van der Waals surface area (Å²) in [5.74, 6) is 1.47. The highest BCUT2D eigenvalue weighted by Crippen LogP contribution is 2.69. The molecule has 0 aromatic heterocycles. The molecule has 0 radical (unpaired) electrons. The summed E-state index contributed by atoms with van der Waals surface area (Å²) in [5.41, 5.74) is -0.830. The number of aliphatic hydroxyl groups is 3. The van der Waals surface area contributed by atoms with Crippen molar-refractivity contribution >= 4 is 5.97 Å². The summed E-state index contributed by atoms with van der Waals surface area (Å²) < 4.78 is 4.81. The van der Waals surface area contributed by atoms with Crippen LogP contribution in [0.5, 0.6) is 0 Å². The van der Waals surface area contributed by atoms with Crippen LogP contribution in [0.25, 0.3) is 0 Å². The Morgan fingerprint density at radius 3 is 2.43 bits per heavy atom. The largest absolute Gasteiger partial charge is 0.469 e. The van der Waals surface area contributed by atoms with E-state index >= 15 is 0 Å². The van der Waals surface area contributed by atoms with E-state index in [1.165, 1.54) is 7.11 Å². The van der Waals surface area contributed by atoms with Crippen LogP contribution in [0.2, 0.25) is 0 Å². The van der Waals surface area contributed by atoms with Crippen LogP contribution in [0, 0.1) is 40.4 Å². The van der Waals surface area contributed by atoms with Gasteiger partial charge in [0.15, 0.2) is 0 Å². The molecule has 0 bridgehead atoms. The van der Waals surface area contributed by atoms with Gasteiger partial charge in [0.1, 0.15) is 0 Å². The zero-order valence-electron chi connectivity index (χ0n) is 19.3. The van der Waals surface area contributed by atoms with Crippen molar-refractivity contribution in [1.29, 1.82) is 0 Å². The Morgan fingerprint density at radius 2 is 1.73 bits per heavy atom. The number of fused-ring (bicyclic) bond motifs is 5. The van der Waals surface area contributed by atoms with Gasteiger partial charge in [0.25, 0.3) is 0 Å². The molecule has 4 fully saturated rings. The van der Waals surface area contributed by atoms with Crippen molar-refractivity contribution in [3.63, 3.8) is 0 Å². The average Bonchev–Trinajstić information content (AvgIpc) is 2.99. The third-order valence-electron chi connectivity index (χ3n) is 10.7. The number of rotatable bonds is 4. The molecule has 5 heteroatoms. The fourth-order valence-corrected chi connectivity index (χ4v) is 8.81. The third-order valence-corrected chi connectivity index (χ3v) is 10.7. The highest BCUT2D eigenvalue weighted by atomic mass is 16.5. The van der Waals surface area contributed by atoms with Crippen molar-refractivity contribution in [3.05, 3.63) is 0 Å². The Hall–Kier alpha value is -0.650. The van der Waals surface area contributed by atoms with E-state index < -0.39 is 5.60 Å². The van der Waals surface area contributed by atoms with Gasteiger partial charge in [-0.2, -0.15) is 0 Å². The van der Waals surface area contributed by atoms with Crippen LogP contribution in [0.15, 0.2) is 0 Å². The Balaban J connectivity index is 1.57. The molecule has 0 heterocycles. The molecule has 4 saturated carbocycles. The number of esters is 1. The lowest BCUT2D eigenvalue weighted by Crippen LogP contribution is -2.60. The quantitative estimate of drug-likeness (QED) is 0.602. The molecule has 4 aliphatic carbocycles. The van der Waals surface area contributed by atoms with Gasteiger partial charge in [0, 0.05) is 6.42 Å². The standard InChI is InChI=1S/C25H42O5/c1-15(5-6-22(28)30-4)25(29)12-9-19-17-14-21(27)20-13-16(26)7-10-23(20,2)18(17)8-11-24(19,25)3/h15-21,26-27,29H,5-14H2,1-4H3/t15-,16-,17-,18+,19+,20-,21+,23-,24+,25+/m1/s1. The fourth-order valence-electron chi connectivity index (χ4n) is 8.81.